The molecule has 0 aliphatic heterocycles. The van der Waals surface area contributed by atoms with Crippen molar-refractivity contribution in [1.82, 2.24) is 19.3 Å². The lowest BCUT2D eigenvalue weighted by molar-refractivity contribution is 1.01. The molecular formula is C38H24N4. The number of hydrogen-bond donors (Lipinski definition) is 0. The first kappa shape index (κ1) is 23.0. The van der Waals surface area contributed by atoms with Gasteiger partial charge in [0.05, 0.1) is 39.6 Å². The first-order valence-corrected chi connectivity index (χ1v) is 14.2. The van der Waals surface area contributed by atoms with Crippen LogP contribution in [0.4, 0.5) is 0 Å². The van der Waals surface area contributed by atoms with Gasteiger partial charge in [0.2, 0.25) is 0 Å². The van der Waals surface area contributed by atoms with E-state index in [-0.39, 0.29) is 0 Å². The van der Waals surface area contributed by atoms with Gasteiger partial charge in [-0.3, -0.25) is 0 Å². The summed E-state index contributed by atoms with van der Waals surface area (Å²) in [6, 6.07) is 49.6. The molecule has 196 valence electrons. The molecule has 3 heterocycles. The monoisotopic (exact) mass is 536 g/mol. The Bertz CT molecular complexity index is 2450. The van der Waals surface area contributed by atoms with Gasteiger partial charge in [-0.15, -0.1) is 0 Å². The van der Waals surface area contributed by atoms with Crippen LogP contribution in [-0.4, -0.2) is 19.3 Å². The van der Waals surface area contributed by atoms with Crippen molar-refractivity contribution in [3.8, 4) is 22.6 Å². The summed E-state index contributed by atoms with van der Waals surface area (Å²) < 4.78 is 4.70. The summed E-state index contributed by atoms with van der Waals surface area (Å²) in [4.78, 5) is 0. The predicted octanol–water partition coefficient (Wildman–Crippen LogP) is 9.49. The zero-order valence-electron chi connectivity index (χ0n) is 22.6. The Morgan fingerprint density at radius 2 is 0.929 bits per heavy atom. The number of hydrogen-bond acceptors (Lipinski definition) is 2. The molecule has 4 nitrogen and oxygen atoms in total. The van der Waals surface area contributed by atoms with E-state index in [0.717, 1.165) is 28.0 Å². The third-order valence-corrected chi connectivity index (χ3v) is 8.45. The van der Waals surface area contributed by atoms with E-state index in [9.17, 15) is 0 Å². The summed E-state index contributed by atoms with van der Waals surface area (Å²) in [6.07, 6.45) is 1.86. The first-order valence-electron chi connectivity index (χ1n) is 14.2. The second kappa shape index (κ2) is 8.88. The normalized spacial score (nSPS) is 11.8. The van der Waals surface area contributed by atoms with Gasteiger partial charge in [0.25, 0.3) is 0 Å². The number of nitrogens with zero attached hydrogens (tertiary/aromatic N) is 4. The summed E-state index contributed by atoms with van der Waals surface area (Å²) in [5, 5.41) is 16.4. The Morgan fingerprint density at radius 3 is 1.55 bits per heavy atom. The lowest BCUT2D eigenvalue weighted by atomic mass is 9.99. The van der Waals surface area contributed by atoms with Crippen molar-refractivity contribution in [2.45, 2.75) is 0 Å². The molecule has 6 aromatic carbocycles. The van der Waals surface area contributed by atoms with E-state index in [2.05, 4.69) is 141 Å². The van der Waals surface area contributed by atoms with E-state index in [1.807, 2.05) is 24.4 Å². The Labute approximate surface area is 241 Å². The van der Waals surface area contributed by atoms with Gasteiger partial charge in [-0.2, -0.15) is 10.2 Å². The van der Waals surface area contributed by atoms with E-state index in [4.69, 9.17) is 0 Å². The zero-order chi connectivity index (χ0) is 27.6. The van der Waals surface area contributed by atoms with Gasteiger partial charge in [-0.05, 0) is 53.2 Å². The molecule has 42 heavy (non-hydrogen) atoms. The highest BCUT2D eigenvalue weighted by atomic mass is 15.1. The van der Waals surface area contributed by atoms with Gasteiger partial charge >= 0.3 is 0 Å². The van der Waals surface area contributed by atoms with Crippen molar-refractivity contribution in [3.63, 3.8) is 0 Å². The number of rotatable bonds is 3. The largest absolute Gasteiger partial charge is 0.309 e. The van der Waals surface area contributed by atoms with Gasteiger partial charge in [0, 0.05) is 32.8 Å². The van der Waals surface area contributed by atoms with Crippen molar-refractivity contribution >= 4 is 54.4 Å². The van der Waals surface area contributed by atoms with E-state index in [0.29, 0.717) is 0 Å². The fourth-order valence-corrected chi connectivity index (χ4v) is 6.70. The van der Waals surface area contributed by atoms with Crippen LogP contribution < -0.4 is 0 Å². The molecule has 0 saturated carbocycles. The van der Waals surface area contributed by atoms with Crippen LogP contribution in [-0.2, 0) is 0 Å². The van der Waals surface area contributed by atoms with Crippen molar-refractivity contribution in [2.24, 2.45) is 0 Å². The molecular weight excluding hydrogens is 512 g/mol. The summed E-state index contributed by atoms with van der Waals surface area (Å²) in [5.74, 6) is 0. The van der Waals surface area contributed by atoms with Crippen molar-refractivity contribution in [1.29, 1.82) is 0 Å². The van der Waals surface area contributed by atoms with E-state index in [1.165, 1.54) is 49.0 Å². The highest BCUT2D eigenvalue weighted by Gasteiger charge is 2.19. The average molecular weight is 537 g/mol. The van der Waals surface area contributed by atoms with E-state index in [1.54, 1.807) is 0 Å². The molecule has 0 aliphatic rings. The second-order valence-electron chi connectivity index (χ2n) is 10.7. The Morgan fingerprint density at radius 1 is 0.405 bits per heavy atom. The number of benzene rings is 6. The van der Waals surface area contributed by atoms with Crippen LogP contribution in [0.5, 0.6) is 0 Å². The highest BCUT2D eigenvalue weighted by molar-refractivity contribution is 6.29. The lowest BCUT2D eigenvalue weighted by Gasteiger charge is -2.10. The molecule has 0 spiro atoms. The molecule has 0 atom stereocenters. The van der Waals surface area contributed by atoms with Gasteiger partial charge in [0.1, 0.15) is 0 Å². The molecule has 0 fully saturated rings. The summed E-state index contributed by atoms with van der Waals surface area (Å²) in [6.45, 7) is 0. The highest BCUT2D eigenvalue weighted by Crippen LogP contribution is 2.42. The quantitative estimate of drug-likeness (QED) is 0.225. The number of aromatic nitrogens is 4. The molecule has 0 unspecified atom stereocenters. The maximum Gasteiger partial charge on any atom is 0.0950 e. The van der Waals surface area contributed by atoms with Gasteiger partial charge in [-0.1, -0.05) is 97.1 Å². The Balaban J connectivity index is 1.38. The average Bonchev–Trinajstić information content (AvgIpc) is 3.59. The van der Waals surface area contributed by atoms with Crippen LogP contribution in [0.15, 0.2) is 146 Å². The van der Waals surface area contributed by atoms with Gasteiger partial charge < -0.3 is 9.13 Å². The number of fused-ring (bicyclic) bond motifs is 9. The molecule has 9 rings (SSSR count). The molecule has 0 saturated heterocycles. The summed E-state index contributed by atoms with van der Waals surface area (Å²) in [7, 11) is 0. The minimum absolute atomic E-state index is 0.857. The fraction of sp³-hybridized carbons (Fsp3) is 0. The van der Waals surface area contributed by atoms with Crippen LogP contribution in [0.25, 0.3) is 77.0 Å². The molecule has 9 aromatic rings. The van der Waals surface area contributed by atoms with Crippen LogP contribution in [0, 0.1) is 0 Å². The fourth-order valence-electron chi connectivity index (χ4n) is 6.70. The standard InChI is InChI=1S/C38H24N4/c1-3-11-25(12-4-1)32-23-27(24-39-40-32)42-34-18-10-8-16-31(34)38-29-19-21-35-37(28(29)20-22-36(38)42)30-15-7-9-17-33(30)41(35)26-13-5-2-6-14-26/h1-24H. The molecule has 4 heteroatoms. The Hall–Kier alpha value is -5.74. The SMILES string of the molecule is c1ccc(-c2cc(-n3c4ccccc4c4c5ccc6c(c5ccc43)c3ccccc3n6-c3ccccc3)cnn2)cc1. The molecule has 0 amide bonds. The summed E-state index contributed by atoms with van der Waals surface area (Å²) in [5.41, 5.74) is 8.80. The third kappa shape index (κ3) is 3.23. The Kier molecular flexibility index (Phi) is 4.87. The summed E-state index contributed by atoms with van der Waals surface area (Å²) >= 11 is 0. The van der Waals surface area contributed by atoms with E-state index < -0.39 is 0 Å². The van der Waals surface area contributed by atoms with Gasteiger partial charge in [-0.25, -0.2) is 0 Å². The van der Waals surface area contributed by atoms with Crippen molar-refractivity contribution in [2.75, 3.05) is 0 Å². The molecule has 0 radical (unpaired) electrons. The molecule has 0 aliphatic carbocycles. The third-order valence-electron chi connectivity index (χ3n) is 8.45. The first-order chi connectivity index (χ1) is 20.9. The zero-order valence-corrected chi connectivity index (χ0v) is 22.6. The van der Waals surface area contributed by atoms with Crippen LogP contribution in [0.3, 0.4) is 0 Å². The van der Waals surface area contributed by atoms with Crippen LogP contribution >= 0.6 is 0 Å². The van der Waals surface area contributed by atoms with Crippen molar-refractivity contribution < 1.29 is 0 Å². The number of para-hydroxylation sites is 3. The van der Waals surface area contributed by atoms with E-state index >= 15 is 0 Å². The maximum atomic E-state index is 4.45. The van der Waals surface area contributed by atoms with Crippen molar-refractivity contribution in [3.05, 3.63) is 146 Å². The van der Waals surface area contributed by atoms with Crippen LogP contribution in [0.1, 0.15) is 0 Å². The maximum absolute atomic E-state index is 4.45. The molecule has 3 aromatic heterocycles. The molecule has 0 bridgehead atoms. The molecule has 0 N–H and O–H groups in total. The lowest BCUT2D eigenvalue weighted by Crippen LogP contribution is -1.97. The topological polar surface area (TPSA) is 35.6 Å². The second-order valence-corrected chi connectivity index (χ2v) is 10.7. The predicted molar refractivity (Wildman–Crippen MR) is 174 cm³/mol. The van der Waals surface area contributed by atoms with Gasteiger partial charge in [0.15, 0.2) is 0 Å². The minimum Gasteiger partial charge on any atom is -0.309 e. The minimum atomic E-state index is 0.857. The smallest absolute Gasteiger partial charge is 0.0950 e. The van der Waals surface area contributed by atoms with Crippen LogP contribution in [0.2, 0.25) is 0 Å².